The number of halogens is 3. The van der Waals surface area contributed by atoms with Crippen LogP contribution >= 0.6 is 0 Å². The molecule has 3 rings (SSSR count). The predicted octanol–water partition coefficient (Wildman–Crippen LogP) is 3.70. The predicted molar refractivity (Wildman–Crippen MR) is 83.0 cm³/mol. The van der Waals surface area contributed by atoms with Gasteiger partial charge in [-0.1, -0.05) is 0 Å². The second-order valence-electron chi connectivity index (χ2n) is 5.96. The molecule has 0 bridgehead atoms. The molecule has 7 heteroatoms. The van der Waals surface area contributed by atoms with Gasteiger partial charge in [-0.15, -0.1) is 0 Å². The number of rotatable bonds is 1. The molecule has 0 aliphatic carbocycles. The summed E-state index contributed by atoms with van der Waals surface area (Å²) >= 11 is 0. The van der Waals surface area contributed by atoms with Crippen LogP contribution in [0.2, 0.25) is 0 Å². The lowest BCUT2D eigenvalue weighted by Gasteiger charge is -2.30. The number of fused-ring (bicyclic) bond motifs is 1. The lowest BCUT2D eigenvalue weighted by molar-refractivity contribution is -0.138. The first-order valence-corrected chi connectivity index (χ1v) is 7.44. The number of nitrogens with zero attached hydrogens (tertiary/aromatic N) is 1. The Kier molecular flexibility index (Phi) is 3.83. The third-order valence-corrected chi connectivity index (χ3v) is 4.36. The third-order valence-electron chi connectivity index (χ3n) is 4.36. The van der Waals surface area contributed by atoms with Gasteiger partial charge in [0.25, 0.3) is 0 Å². The van der Waals surface area contributed by atoms with Crippen molar-refractivity contribution in [2.24, 2.45) is 0 Å². The molecule has 1 aliphatic heterocycles. The Morgan fingerprint density at radius 2 is 1.96 bits per heavy atom. The number of benzene rings is 1. The zero-order valence-corrected chi connectivity index (χ0v) is 12.7. The van der Waals surface area contributed by atoms with Gasteiger partial charge >= 0.3 is 6.18 Å². The largest absolute Gasteiger partial charge is 0.416 e. The quantitative estimate of drug-likeness (QED) is 0.838. The number of aromatic nitrogens is 1. The molecule has 23 heavy (non-hydrogen) atoms. The van der Waals surface area contributed by atoms with Crippen molar-refractivity contribution < 1.29 is 17.9 Å². The zero-order chi connectivity index (χ0) is 16.8. The summed E-state index contributed by atoms with van der Waals surface area (Å²) in [6.07, 6.45) is -1.74. The summed E-state index contributed by atoms with van der Waals surface area (Å²) in [7, 11) is 0. The molecule has 4 nitrogen and oxygen atoms in total. The van der Waals surface area contributed by atoms with Crippen LogP contribution in [-0.4, -0.2) is 17.7 Å². The molecule has 2 aromatic rings. The normalized spacial score (nSPS) is 22.4. The Hall–Kier alpha value is -2.02. The SMILES string of the molecule is C[C@@H]1CCC(c2c(C(F)(F)F)ccc3ncc(N)c(N)c23)CO1. The average molecular weight is 325 g/mol. The third kappa shape index (κ3) is 2.81. The molecule has 4 N–H and O–H groups in total. The van der Waals surface area contributed by atoms with E-state index in [1.165, 1.54) is 12.3 Å². The maximum atomic E-state index is 13.5. The van der Waals surface area contributed by atoms with Crippen LogP contribution in [0.15, 0.2) is 18.3 Å². The van der Waals surface area contributed by atoms with Crippen molar-refractivity contribution in [3.63, 3.8) is 0 Å². The van der Waals surface area contributed by atoms with Crippen LogP contribution in [0.25, 0.3) is 10.9 Å². The van der Waals surface area contributed by atoms with E-state index < -0.39 is 11.7 Å². The van der Waals surface area contributed by atoms with Gasteiger partial charge in [-0.3, -0.25) is 4.98 Å². The minimum Gasteiger partial charge on any atom is -0.396 e. The fourth-order valence-corrected chi connectivity index (χ4v) is 3.13. The minimum atomic E-state index is -4.47. The Morgan fingerprint density at radius 3 is 2.57 bits per heavy atom. The Bertz CT molecular complexity index is 737. The molecule has 2 atom stereocenters. The van der Waals surface area contributed by atoms with E-state index in [2.05, 4.69) is 4.98 Å². The molecule has 1 unspecified atom stereocenters. The second kappa shape index (κ2) is 5.56. The Labute approximate surface area is 131 Å². The van der Waals surface area contributed by atoms with Gasteiger partial charge in [0.05, 0.1) is 41.4 Å². The summed E-state index contributed by atoms with van der Waals surface area (Å²) in [5.41, 5.74) is 12.0. The van der Waals surface area contributed by atoms with E-state index in [0.717, 1.165) is 6.07 Å². The molecule has 1 fully saturated rings. The van der Waals surface area contributed by atoms with Gasteiger partial charge in [0.1, 0.15) is 0 Å². The molecule has 2 heterocycles. The van der Waals surface area contributed by atoms with Crippen LogP contribution in [0, 0.1) is 0 Å². The highest BCUT2D eigenvalue weighted by molar-refractivity contribution is 5.99. The highest BCUT2D eigenvalue weighted by Crippen LogP contribution is 2.44. The average Bonchev–Trinajstić information content (AvgIpc) is 2.50. The van der Waals surface area contributed by atoms with Crippen LogP contribution in [0.5, 0.6) is 0 Å². The fraction of sp³-hybridized carbons (Fsp3) is 0.438. The van der Waals surface area contributed by atoms with Gasteiger partial charge < -0.3 is 16.2 Å². The van der Waals surface area contributed by atoms with Crippen LogP contribution in [-0.2, 0) is 10.9 Å². The number of hydrogen-bond donors (Lipinski definition) is 2. The summed E-state index contributed by atoms with van der Waals surface area (Å²) < 4.78 is 46.1. The number of nitrogens with two attached hydrogens (primary N) is 2. The van der Waals surface area contributed by atoms with Gasteiger partial charge in [0.2, 0.25) is 0 Å². The van der Waals surface area contributed by atoms with Gasteiger partial charge in [-0.2, -0.15) is 13.2 Å². The molecular formula is C16H18F3N3O. The first-order valence-electron chi connectivity index (χ1n) is 7.44. The van der Waals surface area contributed by atoms with Crippen molar-refractivity contribution >= 4 is 22.3 Å². The van der Waals surface area contributed by atoms with E-state index >= 15 is 0 Å². The summed E-state index contributed by atoms with van der Waals surface area (Å²) in [6.45, 7) is 2.15. The van der Waals surface area contributed by atoms with Gasteiger partial charge in [0.15, 0.2) is 0 Å². The smallest absolute Gasteiger partial charge is 0.396 e. The summed E-state index contributed by atoms with van der Waals surface area (Å²) in [4.78, 5) is 4.12. The first kappa shape index (κ1) is 15.9. The Balaban J connectivity index is 2.27. The van der Waals surface area contributed by atoms with Gasteiger partial charge in [0, 0.05) is 11.3 Å². The number of pyridine rings is 1. The summed E-state index contributed by atoms with van der Waals surface area (Å²) in [5, 5.41) is 0.294. The Morgan fingerprint density at radius 1 is 1.22 bits per heavy atom. The van der Waals surface area contributed by atoms with Crippen LogP contribution in [0.1, 0.15) is 36.8 Å². The van der Waals surface area contributed by atoms with Crippen molar-refractivity contribution in [3.8, 4) is 0 Å². The van der Waals surface area contributed by atoms with Crippen molar-refractivity contribution in [3.05, 3.63) is 29.5 Å². The van der Waals surface area contributed by atoms with Crippen molar-refractivity contribution in [1.82, 2.24) is 4.98 Å². The minimum absolute atomic E-state index is 0.0519. The molecule has 124 valence electrons. The van der Waals surface area contributed by atoms with Gasteiger partial charge in [-0.05, 0) is 37.5 Å². The molecule has 1 aliphatic rings. The van der Waals surface area contributed by atoms with E-state index in [0.29, 0.717) is 23.7 Å². The van der Waals surface area contributed by atoms with E-state index in [-0.39, 0.29) is 35.6 Å². The molecule has 1 aromatic carbocycles. The number of ether oxygens (including phenoxy) is 1. The molecule has 0 radical (unpaired) electrons. The van der Waals surface area contributed by atoms with Crippen LogP contribution in [0.3, 0.4) is 0 Å². The highest BCUT2D eigenvalue weighted by atomic mass is 19.4. The summed E-state index contributed by atoms with van der Waals surface area (Å²) in [5.74, 6) is -0.377. The molecule has 0 amide bonds. The van der Waals surface area contributed by atoms with Crippen molar-refractivity contribution in [2.45, 2.75) is 38.0 Å². The molecule has 0 saturated carbocycles. The number of hydrogen-bond acceptors (Lipinski definition) is 4. The van der Waals surface area contributed by atoms with Crippen LogP contribution < -0.4 is 11.5 Å². The molecule has 1 saturated heterocycles. The van der Waals surface area contributed by atoms with Crippen LogP contribution in [0.4, 0.5) is 24.5 Å². The lowest BCUT2D eigenvalue weighted by atomic mass is 9.85. The van der Waals surface area contributed by atoms with Crippen molar-refractivity contribution in [1.29, 1.82) is 0 Å². The second-order valence-corrected chi connectivity index (χ2v) is 5.96. The number of nitrogen functional groups attached to an aromatic ring is 2. The highest BCUT2D eigenvalue weighted by Gasteiger charge is 2.37. The maximum Gasteiger partial charge on any atom is 0.416 e. The van der Waals surface area contributed by atoms with E-state index in [4.69, 9.17) is 16.2 Å². The fourth-order valence-electron chi connectivity index (χ4n) is 3.13. The lowest BCUT2D eigenvalue weighted by Crippen LogP contribution is -2.25. The standard InChI is InChI=1S/C16H18F3N3O/c1-8-2-3-9(7-23-8)13-10(16(17,18)19)4-5-12-14(13)15(21)11(20)6-22-12/h4-6,8-9H,2-3,7,20H2,1H3,(H2,21,22)/t8-,9?/m1/s1. The summed E-state index contributed by atoms with van der Waals surface area (Å²) in [6, 6.07) is 2.40. The number of alkyl halides is 3. The van der Waals surface area contributed by atoms with E-state index in [1.807, 2.05) is 6.92 Å². The maximum absolute atomic E-state index is 13.5. The van der Waals surface area contributed by atoms with Gasteiger partial charge in [-0.25, -0.2) is 0 Å². The number of anilines is 2. The molecule has 0 spiro atoms. The first-order chi connectivity index (χ1) is 10.8. The molecule has 1 aromatic heterocycles. The van der Waals surface area contributed by atoms with Crippen molar-refractivity contribution in [2.75, 3.05) is 18.1 Å². The molecular weight excluding hydrogens is 307 g/mol. The van der Waals surface area contributed by atoms with E-state index in [9.17, 15) is 13.2 Å². The topological polar surface area (TPSA) is 74.2 Å². The van der Waals surface area contributed by atoms with E-state index in [1.54, 1.807) is 0 Å². The zero-order valence-electron chi connectivity index (χ0n) is 12.7. The monoisotopic (exact) mass is 325 g/mol.